The maximum atomic E-state index is 4.34. The van der Waals surface area contributed by atoms with E-state index in [9.17, 15) is 0 Å². The van der Waals surface area contributed by atoms with Crippen LogP contribution in [0, 0.1) is 0 Å². The lowest BCUT2D eigenvalue weighted by molar-refractivity contribution is 0.879. The summed E-state index contributed by atoms with van der Waals surface area (Å²) in [5, 5.41) is 0. The van der Waals surface area contributed by atoms with Crippen molar-refractivity contribution < 1.29 is 0 Å². The van der Waals surface area contributed by atoms with E-state index in [1.54, 1.807) is 0 Å². The molecular formula is C12H20S2. The first-order valence-corrected chi connectivity index (χ1v) is 8.33. The Morgan fingerprint density at radius 1 is 1.29 bits per heavy atom. The molecule has 2 heteroatoms. The summed E-state index contributed by atoms with van der Waals surface area (Å²) in [6.07, 6.45) is 6.99. The van der Waals surface area contributed by atoms with Crippen molar-refractivity contribution in [3.05, 3.63) is 29.8 Å². The highest BCUT2D eigenvalue weighted by Crippen LogP contribution is 2.45. The molecule has 14 heavy (non-hydrogen) atoms. The summed E-state index contributed by atoms with van der Waals surface area (Å²) in [6.45, 7) is 2.23. The largest absolute Gasteiger partial charge is 0.223 e. The van der Waals surface area contributed by atoms with Gasteiger partial charge < -0.3 is 0 Å². The van der Waals surface area contributed by atoms with Crippen LogP contribution in [0.5, 0.6) is 0 Å². The van der Waals surface area contributed by atoms with E-state index in [4.69, 9.17) is 0 Å². The van der Waals surface area contributed by atoms with E-state index in [1.807, 2.05) is 0 Å². The highest BCUT2D eigenvalue weighted by molar-refractivity contribution is 8.32. The van der Waals surface area contributed by atoms with Gasteiger partial charge in [0.25, 0.3) is 0 Å². The summed E-state index contributed by atoms with van der Waals surface area (Å²) < 4.78 is 0. The minimum absolute atomic E-state index is 0.556. The summed E-state index contributed by atoms with van der Waals surface area (Å²) in [5.41, 5.74) is 1.42. The molecule has 0 spiro atoms. The van der Waals surface area contributed by atoms with Crippen molar-refractivity contribution in [3.63, 3.8) is 0 Å². The molecule has 0 radical (unpaired) electrons. The Morgan fingerprint density at radius 2 is 1.93 bits per heavy atom. The van der Waals surface area contributed by atoms with E-state index >= 15 is 0 Å². The van der Waals surface area contributed by atoms with Crippen molar-refractivity contribution in [3.8, 4) is 0 Å². The summed E-state index contributed by atoms with van der Waals surface area (Å²) in [5.74, 6) is 1.48. The molecule has 0 N–H and O–H groups in total. The topological polar surface area (TPSA) is 0 Å². The molecule has 0 nitrogen and oxygen atoms in total. The minimum atomic E-state index is -0.592. The van der Waals surface area contributed by atoms with Crippen molar-refractivity contribution in [1.29, 1.82) is 0 Å². The van der Waals surface area contributed by atoms with Gasteiger partial charge in [-0.25, -0.2) is 10.0 Å². The summed E-state index contributed by atoms with van der Waals surface area (Å²) >= 11 is 4.34. The number of benzene rings is 1. The Hall–Kier alpha value is -0.0800. The van der Waals surface area contributed by atoms with Gasteiger partial charge in [0.2, 0.25) is 0 Å². The molecule has 0 aliphatic carbocycles. The molecule has 1 rings (SSSR count). The van der Waals surface area contributed by atoms with Gasteiger partial charge in [0.1, 0.15) is 0 Å². The zero-order valence-electron chi connectivity index (χ0n) is 9.45. The lowest BCUT2D eigenvalue weighted by atomic mass is 10.0. The van der Waals surface area contributed by atoms with Gasteiger partial charge in [-0.15, -0.1) is 0 Å². The van der Waals surface area contributed by atoms with Gasteiger partial charge in [-0.1, -0.05) is 25.1 Å². The third kappa shape index (κ3) is 2.96. The van der Waals surface area contributed by atoms with Crippen LogP contribution in [-0.2, 0) is 0 Å². The van der Waals surface area contributed by atoms with E-state index in [0.29, 0.717) is 5.92 Å². The van der Waals surface area contributed by atoms with Crippen LogP contribution in [0.3, 0.4) is 0 Å². The second kappa shape index (κ2) is 4.63. The van der Waals surface area contributed by atoms with E-state index in [1.165, 1.54) is 10.5 Å². The van der Waals surface area contributed by atoms with Crippen LogP contribution in [0.15, 0.2) is 29.2 Å². The molecule has 0 bridgehead atoms. The van der Waals surface area contributed by atoms with Gasteiger partial charge in [0.05, 0.1) is 0 Å². The highest BCUT2D eigenvalue weighted by atomic mass is 32.3. The van der Waals surface area contributed by atoms with Crippen LogP contribution in [0.25, 0.3) is 0 Å². The predicted molar refractivity (Wildman–Crippen MR) is 72.3 cm³/mol. The molecule has 0 aliphatic rings. The average Bonchev–Trinajstić information content (AvgIpc) is 2.15. The van der Waals surface area contributed by atoms with Crippen LogP contribution in [-0.4, -0.2) is 24.5 Å². The Balaban J connectivity index is 3.01. The van der Waals surface area contributed by atoms with Crippen molar-refractivity contribution in [2.24, 2.45) is 0 Å². The quantitative estimate of drug-likeness (QED) is 0.748. The fraction of sp³-hybridized carbons (Fsp3) is 0.500. The third-order valence-electron chi connectivity index (χ3n) is 2.41. The van der Waals surface area contributed by atoms with Gasteiger partial charge in [-0.3, -0.25) is 0 Å². The normalized spacial score (nSPS) is 15.2. The molecule has 0 aromatic heterocycles. The van der Waals surface area contributed by atoms with Crippen LogP contribution in [0.4, 0.5) is 0 Å². The molecule has 0 heterocycles. The van der Waals surface area contributed by atoms with Crippen molar-refractivity contribution in [2.45, 2.75) is 17.7 Å². The first-order valence-electron chi connectivity index (χ1n) is 4.84. The minimum Gasteiger partial charge on any atom is -0.223 e. The van der Waals surface area contributed by atoms with E-state index in [0.717, 1.165) is 5.75 Å². The van der Waals surface area contributed by atoms with E-state index in [2.05, 4.69) is 62.6 Å². The molecule has 1 aromatic rings. The van der Waals surface area contributed by atoms with Gasteiger partial charge in [-0.2, -0.15) is 12.6 Å². The second-order valence-electron chi connectivity index (χ2n) is 4.49. The molecule has 1 unspecified atom stereocenters. The molecule has 80 valence electrons. The van der Waals surface area contributed by atoms with Gasteiger partial charge in [0.15, 0.2) is 0 Å². The number of hydrogen-bond donors (Lipinski definition) is 1. The van der Waals surface area contributed by atoms with Gasteiger partial charge >= 0.3 is 0 Å². The average molecular weight is 228 g/mol. The fourth-order valence-corrected chi connectivity index (χ4v) is 2.49. The van der Waals surface area contributed by atoms with Crippen LogP contribution >= 0.6 is 22.7 Å². The number of hydrogen-bond acceptors (Lipinski definition) is 1. The van der Waals surface area contributed by atoms with Crippen LogP contribution in [0.2, 0.25) is 0 Å². The Bertz CT molecular complexity index is 299. The smallest absolute Gasteiger partial charge is 0.00315 e. The summed E-state index contributed by atoms with van der Waals surface area (Å²) in [6, 6.07) is 8.96. The second-order valence-corrected chi connectivity index (χ2v) is 9.00. The molecule has 1 atom stereocenters. The lowest BCUT2D eigenvalue weighted by Gasteiger charge is -2.26. The van der Waals surface area contributed by atoms with Crippen LogP contribution < -0.4 is 0 Å². The zero-order valence-corrected chi connectivity index (χ0v) is 11.2. The van der Waals surface area contributed by atoms with Gasteiger partial charge in [0, 0.05) is 0 Å². The molecule has 0 aliphatic heterocycles. The molecule has 1 aromatic carbocycles. The van der Waals surface area contributed by atoms with Gasteiger partial charge in [-0.05, 0) is 47.0 Å². The van der Waals surface area contributed by atoms with E-state index < -0.39 is 10.0 Å². The summed E-state index contributed by atoms with van der Waals surface area (Å²) in [4.78, 5) is 1.49. The Morgan fingerprint density at radius 3 is 2.43 bits per heavy atom. The van der Waals surface area contributed by atoms with Crippen molar-refractivity contribution in [2.75, 3.05) is 24.5 Å². The molecule has 0 fully saturated rings. The Labute approximate surface area is 94.8 Å². The highest BCUT2D eigenvalue weighted by Gasteiger charge is 2.10. The Kier molecular flexibility index (Phi) is 3.96. The van der Waals surface area contributed by atoms with E-state index in [-0.39, 0.29) is 0 Å². The number of rotatable bonds is 3. The van der Waals surface area contributed by atoms with Crippen LogP contribution in [0.1, 0.15) is 18.4 Å². The first-order chi connectivity index (χ1) is 6.45. The molecule has 0 saturated carbocycles. The summed E-state index contributed by atoms with van der Waals surface area (Å²) in [7, 11) is -0.592. The SMILES string of the molecule is CC(CS)c1cccc(S(C)(C)C)c1. The fourth-order valence-electron chi connectivity index (χ4n) is 1.31. The van der Waals surface area contributed by atoms with Crippen molar-refractivity contribution in [1.82, 2.24) is 0 Å². The monoisotopic (exact) mass is 228 g/mol. The first kappa shape index (κ1) is 12.0. The maximum absolute atomic E-state index is 4.34. The molecular weight excluding hydrogens is 208 g/mol. The standard InChI is InChI=1S/C12H20S2/c1-10(9-13)11-6-5-7-12(8-11)14(2,3)4/h5-8,10,13H,9H2,1-4H3. The predicted octanol–water partition coefficient (Wildman–Crippen LogP) is 3.77. The maximum Gasteiger partial charge on any atom is -0.00315 e. The molecule has 0 saturated heterocycles. The third-order valence-corrected chi connectivity index (χ3v) is 4.62. The number of thiol groups is 1. The zero-order chi connectivity index (χ0) is 10.8. The lowest BCUT2D eigenvalue weighted by Crippen LogP contribution is -1.98. The van der Waals surface area contributed by atoms with Crippen molar-refractivity contribution >= 4 is 22.7 Å². The molecule has 0 amide bonds.